The summed E-state index contributed by atoms with van der Waals surface area (Å²) in [6, 6.07) is 10.6. The van der Waals surface area contributed by atoms with Crippen molar-refractivity contribution in [1.82, 2.24) is 39.2 Å². The molecule has 0 saturated carbocycles. The Hall–Kier alpha value is -1.26. The minimum atomic E-state index is 0.185. The Balaban J connectivity index is 0.000000283. The van der Waals surface area contributed by atoms with E-state index >= 15 is 0 Å². The van der Waals surface area contributed by atoms with Crippen LogP contribution in [0.15, 0.2) is 30.3 Å². The maximum absolute atomic E-state index is 6.11. The van der Waals surface area contributed by atoms with E-state index < -0.39 is 0 Å². The lowest BCUT2D eigenvalue weighted by atomic mass is 10.1. The first kappa shape index (κ1) is 55.9. The largest absolute Gasteiger partial charge is 0.377 e. The molecule has 3 unspecified atom stereocenters. The summed E-state index contributed by atoms with van der Waals surface area (Å²) in [5.41, 5.74) is 1.29. The van der Waals surface area contributed by atoms with Gasteiger partial charge in [-0.05, 0) is 102 Å². The molecule has 358 valence electrons. The Morgan fingerprint density at radius 1 is 0.443 bits per heavy atom. The lowest BCUT2D eigenvalue weighted by molar-refractivity contribution is -0.0200. The molecule has 0 radical (unpaired) electrons. The van der Waals surface area contributed by atoms with E-state index in [0.29, 0.717) is 30.5 Å². The molecular weight excluding hydrogens is 765 g/mol. The molecule has 0 aromatic heterocycles. The molecule has 3 atom stereocenters. The van der Waals surface area contributed by atoms with Crippen LogP contribution in [0.2, 0.25) is 0 Å². The van der Waals surface area contributed by atoms with Crippen LogP contribution in [0.4, 0.5) is 0 Å². The highest BCUT2D eigenvalue weighted by atomic mass is 16.5. The first-order valence-corrected chi connectivity index (χ1v) is 24.3. The number of benzene rings is 1. The number of ether oxygens (including phenoxy) is 4. The van der Waals surface area contributed by atoms with Crippen molar-refractivity contribution in [3.63, 3.8) is 0 Å². The molecule has 0 N–H and O–H groups in total. The summed E-state index contributed by atoms with van der Waals surface area (Å²) < 4.78 is 23.2. The number of likely N-dealkylation sites (N-methyl/N-ethyl adjacent to an activating group) is 4. The zero-order chi connectivity index (χ0) is 45.2. The summed E-state index contributed by atoms with van der Waals surface area (Å²) in [6.07, 6.45) is 3.39. The Morgan fingerprint density at radius 3 is 1.23 bits per heavy atom. The van der Waals surface area contributed by atoms with Gasteiger partial charge in [0.25, 0.3) is 0 Å². The second-order valence-corrected chi connectivity index (χ2v) is 19.2. The van der Waals surface area contributed by atoms with Gasteiger partial charge in [-0.15, -0.1) is 0 Å². The number of rotatable bonds is 18. The van der Waals surface area contributed by atoms with Crippen molar-refractivity contribution < 1.29 is 18.9 Å². The fraction of sp³-hybridized carbons (Fsp3) is 0.878. The first-order valence-electron chi connectivity index (χ1n) is 24.3. The molecule has 0 bridgehead atoms. The lowest BCUT2D eigenvalue weighted by Crippen LogP contribution is -2.47. The van der Waals surface area contributed by atoms with Gasteiger partial charge in [-0.2, -0.15) is 0 Å². The smallest absolute Gasteiger partial charge is 0.0955 e. The predicted octanol–water partition coefficient (Wildman–Crippen LogP) is 5.54. The van der Waals surface area contributed by atoms with E-state index in [2.05, 4.69) is 167 Å². The van der Waals surface area contributed by atoms with E-state index in [9.17, 15) is 0 Å². The van der Waals surface area contributed by atoms with Gasteiger partial charge in [-0.25, -0.2) is 0 Å². The maximum Gasteiger partial charge on any atom is 0.0955 e. The second kappa shape index (κ2) is 32.4. The summed E-state index contributed by atoms with van der Waals surface area (Å²) >= 11 is 0. The van der Waals surface area contributed by atoms with Gasteiger partial charge in [0.2, 0.25) is 0 Å². The van der Waals surface area contributed by atoms with Crippen LogP contribution in [0, 0.1) is 0 Å². The van der Waals surface area contributed by atoms with Crippen LogP contribution in [-0.4, -0.2) is 242 Å². The van der Waals surface area contributed by atoms with Crippen LogP contribution in [0.3, 0.4) is 0 Å². The van der Waals surface area contributed by atoms with Crippen LogP contribution < -0.4 is 0 Å². The van der Waals surface area contributed by atoms with E-state index in [1.807, 2.05) is 0 Å². The van der Waals surface area contributed by atoms with Gasteiger partial charge in [0, 0.05) is 131 Å². The Kier molecular flexibility index (Phi) is 29.7. The minimum Gasteiger partial charge on any atom is -0.377 e. The molecule has 4 heterocycles. The molecule has 0 spiro atoms. The molecule has 4 fully saturated rings. The van der Waals surface area contributed by atoms with Gasteiger partial charge < -0.3 is 38.5 Å². The molecule has 4 aliphatic rings. The predicted molar refractivity (Wildman–Crippen MR) is 258 cm³/mol. The van der Waals surface area contributed by atoms with Crippen LogP contribution in [0.25, 0.3) is 0 Å². The highest BCUT2D eigenvalue weighted by Gasteiger charge is 2.22. The number of hydrogen-bond acceptors (Lipinski definition) is 12. The molecule has 4 saturated heterocycles. The van der Waals surface area contributed by atoms with Crippen LogP contribution in [0.1, 0.15) is 87.3 Å². The number of nitrogens with zero attached hydrogens (tertiary/aromatic N) is 8. The van der Waals surface area contributed by atoms with Gasteiger partial charge in [0.15, 0.2) is 0 Å². The van der Waals surface area contributed by atoms with E-state index in [-0.39, 0.29) is 12.2 Å². The minimum absolute atomic E-state index is 0.185. The molecule has 12 nitrogen and oxygen atoms in total. The first-order chi connectivity index (χ1) is 29.0. The van der Waals surface area contributed by atoms with Gasteiger partial charge in [0.1, 0.15) is 0 Å². The third-order valence-corrected chi connectivity index (χ3v) is 11.7. The number of hydrogen-bond donors (Lipinski definition) is 0. The van der Waals surface area contributed by atoms with Crippen molar-refractivity contribution in [2.24, 2.45) is 0 Å². The van der Waals surface area contributed by atoms with Gasteiger partial charge in [0.05, 0.1) is 49.3 Å². The highest BCUT2D eigenvalue weighted by Crippen LogP contribution is 2.21. The summed E-state index contributed by atoms with van der Waals surface area (Å²) in [5, 5.41) is 0. The van der Waals surface area contributed by atoms with Crippen LogP contribution >= 0.6 is 0 Å². The van der Waals surface area contributed by atoms with Crippen molar-refractivity contribution in [2.45, 2.75) is 118 Å². The zero-order valence-electron chi connectivity index (χ0n) is 42.2. The van der Waals surface area contributed by atoms with Gasteiger partial charge in [-0.1, -0.05) is 37.3 Å². The molecule has 12 heteroatoms. The van der Waals surface area contributed by atoms with Crippen molar-refractivity contribution in [2.75, 3.05) is 166 Å². The average molecular weight is 863 g/mol. The summed E-state index contributed by atoms with van der Waals surface area (Å²) in [4.78, 5) is 19.5. The molecule has 0 amide bonds. The monoisotopic (exact) mass is 863 g/mol. The second-order valence-electron chi connectivity index (χ2n) is 19.2. The van der Waals surface area contributed by atoms with Crippen molar-refractivity contribution in [1.29, 1.82) is 0 Å². The van der Waals surface area contributed by atoms with E-state index in [1.165, 1.54) is 84.1 Å². The van der Waals surface area contributed by atoms with Crippen LogP contribution in [-0.2, 0) is 18.9 Å². The van der Waals surface area contributed by atoms with Crippen molar-refractivity contribution in [3.05, 3.63) is 35.9 Å². The fourth-order valence-electron chi connectivity index (χ4n) is 7.85. The summed E-state index contributed by atoms with van der Waals surface area (Å²) in [5.74, 6) is 0. The Morgan fingerprint density at radius 2 is 0.836 bits per heavy atom. The third-order valence-electron chi connectivity index (χ3n) is 11.7. The van der Waals surface area contributed by atoms with Gasteiger partial charge in [-0.3, -0.25) is 19.6 Å². The Bertz CT molecular complexity index is 1150. The normalized spacial score (nSPS) is 21.4. The zero-order valence-corrected chi connectivity index (χ0v) is 42.2. The molecule has 1 aromatic rings. The molecular formula is C49H98N8O4. The standard InChI is InChI=1S/C16H26N2O.C12H26N2O.C11H24N2O.C10H22N2O/c1-14(2)19-16(15-7-5-4-6-8-15)13-18-11-9-17(3)10-12-18;1-5-12(15-11(2)3)10-14-8-6-13(4)7-9-14;1-10(2)14-11(3)9-13-7-5-12(4)6-8-13;1-10(2)13-9-8-12-6-4-11(3)5-7-12/h4-8,14,16H,9-13H2,1-3H3;11-12H,5-10H2,1-4H3;10-11H,5-9H2,1-4H3;10H,4-9H2,1-3H3. The SMILES string of the molecule is CC(C)OC(C)CN1CCN(C)CC1.CC(C)OC(CN1CCN(C)CC1)c1ccccc1.CC(C)OCCN1CCN(C)CC1.CCC(CN1CCN(C)CC1)OC(C)C. The highest BCUT2D eigenvalue weighted by molar-refractivity contribution is 5.18. The van der Waals surface area contributed by atoms with E-state index in [4.69, 9.17) is 18.9 Å². The van der Waals surface area contributed by atoms with Crippen LogP contribution in [0.5, 0.6) is 0 Å². The molecule has 61 heavy (non-hydrogen) atoms. The summed E-state index contributed by atoms with van der Waals surface area (Å²) in [7, 11) is 8.75. The number of piperazine rings is 4. The van der Waals surface area contributed by atoms with Crippen molar-refractivity contribution >= 4 is 0 Å². The fourth-order valence-corrected chi connectivity index (χ4v) is 7.85. The van der Waals surface area contributed by atoms with E-state index in [0.717, 1.165) is 65.4 Å². The topological polar surface area (TPSA) is 62.8 Å². The van der Waals surface area contributed by atoms with E-state index in [1.54, 1.807) is 0 Å². The summed E-state index contributed by atoms with van der Waals surface area (Å²) in [6.45, 7) is 45.2. The maximum atomic E-state index is 6.11. The van der Waals surface area contributed by atoms with Crippen molar-refractivity contribution in [3.8, 4) is 0 Å². The average Bonchev–Trinajstić information content (AvgIpc) is 3.21. The molecule has 1 aromatic carbocycles. The molecule has 0 aliphatic carbocycles. The van der Waals surface area contributed by atoms with Gasteiger partial charge >= 0.3 is 0 Å². The lowest BCUT2D eigenvalue weighted by Gasteiger charge is -2.35. The quantitative estimate of drug-likeness (QED) is 0.186. The molecule has 5 rings (SSSR count). The molecule has 4 aliphatic heterocycles. The third kappa shape index (κ3) is 27.6. The Labute approximate surface area is 377 Å².